The van der Waals surface area contributed by atoms with Gasteiger partial charge in [0.1, 0.15) is 0 Å². The third-order valence-corrected chi connectivity index (χ3v) is 2.33. The van der Waals surface area contributed by atoms with Crippen LogP contribution in [-0.2, 0) is 6.54 Å². The summed E-state index contributed by atoms with van der Waals surface area (Å²) in [6.45, 7) is 6.26. The van der Waals surface area contributed by atoms with Crippen LogP contribution < -0.4 is 11.1 Å². The first-order valence-electron chi connectivity index (χ1n) is 5.60. The van der Waals surface area contributed by atoms with Gasteiger partial charge in [0.2, 0.25) is 11.9 Å². The van der Waals surface area contributed by atoms with Gasteiger partial charge in [-0.1, -0.05) is 36.9 Å². The molecular weight excluding hydrogens is 226 g/mol. The van der Waals surface area contributed by atoms with Crippen molar-refractivity contribution in [2.45, 2.75) is 13.5 Å². The van der Waals surface area contributed by atoms with Crippen LogP contribution in [0.4, 0.5) is 11.9 Å². The third kappa shape index (κ3) is 3.04. The van der Waals surface area contributed by atoms with E-state index >= 15 is 0 Å². The van der Waals surface area contributed by atoms with E-state index in [1.807, 2.05) is 37.3 Å². The number of nitrogen functional groups attached to an aromatic ring is 1. The van der Waals surface area contributed by atoms with Crippen LogP contribution in [0.15, 0.2) is 36.9 Å². The highest BCUT2D eigenvalue weighted by Crippen LogP contribution is 2.10. The van der Waals surface area contributed by atoms with Gasteiger partial charge >= 0.3 is 0 Å². The smallest absolute Gasteiger partial charge is 0.228 e. The summed E-state index contributed by atoms with van der Waals surface area (Å²) in [6, 6.07) is 9.99. The second-order valence-corrected chi connectivity index (χ2v) is 3.96. The molecule has 1 aromatic carbocycles. The molecule has 5 nitrogen and oxygen atoms in total. The molecule has 0 spiro atoms. The molecule has 0 unspecified atom stereocenters. The molecule has 1 aromatic heterocycles. The van der Waals surface area contributed by atoms with Crippen molar-refractivity contribution in [3.63, 3.8) is 0 Å². The van der Waals surface area contributed by atoms with Gasteiger partial charge in [-0.3, -0.25) is 0 Å². The minimum atomic E-state index is 0.193. The van der Waals surface area contributed by atoms with Gasteiger partial charge in [-0.2, -0.15) is 15.0 Å². The summed E-state index contributed by atoms with van der Waals surface area (Å²) in [5.74, 6) is 1.17. The molecule has 2 aromatic rings. The van der Waals surface area contributed by atoms with Crippen molar-refractivity contribution in [2.75, 3.05) is 11.1 Å². The Kier molecular flexibility index (Phi) is 3.52. The summed E-state index contributed by atoms with van der Waals surface area (Å²) in [5, 5.41) is 3.11. The molecule has 0 bridgehead atoms. The lowest BCUT2D eigenvalue weighted by molar-refractivity contribution is 0.992. The van der Waals surface area contributed by atoms with E-state index in [-0.39, 0.29) is 5.95 Å². The molecule has 0 atom stereocenters. The maximum atomic E-state index is 5.62. The molecule has 2 rings (SSSR count). The molecule has 0 amide bonds. The van der Waals surface area contributed by atoms with Crippen molar-refractivity contribution in [2.24, 2.45) is 0 Å². The number of hydrogen-bond acceptors (Lipinski definition) is 5. The average molecular weight is 241 g/mol. The number of nitrogens with two attached hydrogens (primary N) is 1. The van der Waals surface area contributed by atoms with Gasteiger partial charge in [0.25, 0.3) is 0 Å². The summed E-state index contributed by atoms with van der Waals surface area (Å²) in [7, 11) is 0. The van der Waals surface area contributed by atoms with Gasteiger partial charge < -0.3 is 11.1 Å². The Morgan fingerprint density at radius 3 is 2.61 bits per heavy atom. The maximum absolute atomic E-state index is 5.62. The van der Waals surface area contributed by atoms with E-state index in [2.05, 4.69) is 26.8 Å². The number of rotatable bonds is 4. The largest absolute Gasteiger partial charge is 0.368 e. The van der Waals surface area contributed by atoms with Crippen molar-refractivity contribution in [3.8, 4) is 0 Å². The number of allylic oxidation sites excluding steroid dienone is 1. The van der Waals surface area contributed by atoms with Crippen LogP contribution in [0.5, 0.6) is 0 Å². The first-order valence-corrected chi connectivity index (χ1v) is 5.60. The monoisotopic (exact) mass is 241 g/mol. The molecule has 0 radical (unpaired) electrons. The van der Waals surface area contributed by atoms with E-state index in [1.165, 1.54) is 0 Å². The van der Waals surface area contributed by atoms with Crippen LogP contribution in [0.3, 0.4) is 0 Å². The summed E-state index contributed by atoms with van der Waals surface area (Å²) in [4.78, 5) is 12.3. The fourth-order valence-electron chi connectivity index (χ4n) is 1.44. The van der Waals surface area contributed by atoms with Crippen LogP contribution >= 0.6 is 0 Å². The molecule has 1 heterocycles. The van der Waals surface area contributed by atoms with Gasteiger partial charge in [-0.05, 0) is 18.1 Å². The summed E-state index contributed by atoms with van der Waals surface area (Å²) in [5.41, 5.74) is 7.53. The van der Waals surface area contributed by atoms with Crippen molar-refractivity contribution in [1.29, 1.82) is 0 Å². The molecule has 0 saturated heterocycles. The Hall–Kier alpha value is -2.43. The lowest BCUT2D eigenvalue weighted by Crippen LogP contribution is -2.08. The number of anilines is 2. The SMILES string of the molecule is C=C(C)c1nc(N)nc(NCc2ccccc2)n1. The first kappa shape index (κ1) is 12.0. The summed E-state index contributed by atoms with van der Waals surface area (Å²) < 4.78 is 0. The molecule has 0 saturated carbocycles. The first-order chi connectivity index (χ1) is 8.65. The highest BCUT2D eigenvalue weighted by Gasteiger charge is 2.04. The van der Waals surface area contributed by atoms with E-state index in [0.29, 0.717) is 18.3 Å². The van der Waals surface area contributed by atoms with Gasteiger partial charge in [0.15, 0.2) is 5.82 Å². The van der Waals surface area contributed by atoms with E-state index in [9.17, 15) is 0 Å². The van der Waals surface area contributed by atoms with Crippen LogP contribution in [0.25, 0.3) is 5.57 Å². The van der Waals surface area contributed by atoms with Gasteiger partial charge in [0, 0.05) is 6.54 Å². The molecule has 92 valence electrons. The van der Waals surface area contributed by atoms with Crippen molar-refractivity contribution in [3.05, 3.63) is 48.3 Å². The normalized spacial score (nSPS) is 10.1. The topological polar surface area (TPSA) is 76.7 Å². The highest BCUT2D eigenvalue weighted by atomic mass is 15.2. The van der Waals surface area contributed by atoms with Crippen LogP contribution in [0, 0.1) is 0 Å². The highest BCUT2D eigenvalue weighted by molar-refractivity contribution is 5.56. The molecule has 0 fully saturated rings. The minimum Gasteiger partial charge on any atom is -0.368 e. The fourth-order valence-corrected chi connectivity index (χ4v) is 1.44. The quantitative estimate of drug-likeness (QED) is 0.857. The van der Waals surface area contributed by atoms with Crippen molar-refractivity contribution in [1.82, 2.24) is 15.0 Å². The van der Waals surface area contributed by atoms with Crippen LogP contribution in [0.2, 0.25) is 0 Å². The molecular formula is C13H15N5. The number of benzene rings is 1. The molecule has 0 aliphatic rings. The molecule has 5 heteroatoms. The van der Waals surface area contributed by atoms with E-state index in [0.717, 1.165) is 11.1 Å². The van der Waals surface area contributed by atoms with E-state index in [1.54, 1.807) is 0 Å². The van der Waals surface area contributed by atoms with Crippen molar-refractivity contribution >= 4 is 17.5 Å². The fraction of sp³-hybridized carbons (Fsp3) is 0.154. The lowest BCUT2D eigenvalue weighted by atomic mass is 10.2. The maximum Gasteiger partial charge on any atom is 0.228 e. The summed E-state index contributed by atoms with van der Waals surface area (Å²) >= 11 is 0. The molecule has 18 heavy (non-hydrogen) atoms. The van der Waals surface area contributed by atoms with Gasteiger partial charge in [-0.15, -0.1) is 0 Å². The lowest BCUT2D eigenvalue weighted by Gasteiger charge is -2.07. The van der Waals surface area contributed by atoms with Crippen LogP contribution in [-0.4, -0.2) is 15.0 Å². The van der Waals surface area contributed by atoms with Crippen molar-refractivity contribution < 1.29 is 0 Å². The van der Waals surface area contributed by atoms with Crippen LogP contribution in [0.1, 0.15) is 18.3 Å². The zero-order valence-electron chi connectivity index (χ0n) is 10.2. The van der Waals surface area contributed by atoms with E-state index in [4.69, 9.17) is 5.73 Å². The standard InChI is InChI=1S/C13H15N5/c1-9(2)11-16-12(14)18-13(17-11)15-8-10-6-4-3-5-7-10/h3-7H,1,8H2,2H3,(H3,14,15,16,17,18). The second-order valence-electron chi connectivity index (χ2n) is 3.96. The second kappa shape index (κ2) is 5.27. The minimum absolute atomic E-state index is 0.193. The number of aromatic nitrogens is 3. The number of nitrogens with zero attached hydrogens (tertiary/aromatic N) is 3. The summed E-state index contributed by atoms with van der Waals surface area (Å²) in [6.07, 6.45) is 0. The molecule has 3 N–H and O–H groups in total. The number of nitrogens with one attached hydrogen (secondary N) is 1. The Balaban J connectivity index is 2.12. The predicted molar refractivity (Wildman–Crippen MR) is 72.7 cm³/mol. The van der Waals surface area contributed by atoms with Gasteiger partial charge in [-0.25, -0.2) is 0 Å². The third-order valence-electron chi connectivity index (χ3n) is 2.33. The van der Waals surface area contributed by atoms with Gasteiger partial charge in [0.05, 0.1) is 0 Å². The Bertz CT molecular complexity index is 551. The van der Waals surface area contributed by atoms with E-state index < -0.39 is 0 Å². The zero-order chi connectivity index (χ0) is 13.0. The Morgan fingerprint density at radius 2 is 1.94 bits per heavy atom. The Morgan fingerprint density at radius 1 is 1.22 bits per heavy atom. The number of hydrogen-bond donors (Lipinski definition) is 2. The molecule has 0 aliphatic carbocycles. The molecule has 0 aliphatic heterocycles. The zero-order valence-corrected chi connectivity index (χ0v) is 10.2. The predicted octanol–water partition coefficient (Wildman–Crippen LogP) is 2.10. The Labute approximate surface area is 106 Å². The average Bonchev–Trinajstić information content (AvgIpc) is 2.37.